The summed E-state index contributed by atoms with van der Waals surface area (Å²) in [4.78, 5) is 186. The van der Waals surface area contributed by atoms with E-state index < -0.39 is 126 Å². The monoisotopic (exact) mass is 1510 g/mol. The smallest absolute Gasteiger partial charge is 0.243 e. The quantitative estimate of drug-likeness (QED) is 0.0110. The largest absolute Gasteiger partial charge is 0.370 e. The zero-order valence-corrected chi connectivity index (χ0v) is 60.5. The van der Waals surface area contributed by atoms with Crippen LogP contribution in [0.1, 0.15) is 79.1 Å². The molecule has 4 aromatic carbocycles. The summed E-state index contributed by atoms with van der Waals surface area (Å²) in [6.45, 7) is 0.400. The number of fused-ring (bicyclic) bond motifs is 2. The van der Waals surface area contributed by atoms with E-state index in [2.05, 4.69) is 99.0 Å². The number of aromatic nitrogens is 6. The maximum Gasteiger partial charge on any atom is 0.243 e. The van der Waals surface area contributed by atoms with Crippen molar-refractivity contribution in [2.75, 3.05) is 32.7 Å². The Morgan fingerprint density at radius 2 is 0.773 bits per heavy atom. The number of nitrogens with one attached hydrogen (secondary N) is 19. The standard InChI is InChI=1S/C74H94N24O12/c1-43(99)91-60(34-48-38-80-41-89-48)71(109)96-57(30-44-14-4-2-5-15-44)69(107)94-55(23-13-27-85-74(78)79)68(106)98-59(33-47-37-87-53-21-11-9-19-51(47)53)66(104)83-29-24-62(100)88-40-64(102)82-28-25-63(101)92-61(35-49-39-81-42-90-49)72(110)97-58(31-45-16-6-3-7-17-45)70(108)93-54(22-12-26-84-73(76)77)67(105)95-56(65(75)103)32-46-36-86-52-20-10-8-18-50(46)52/h2-11,14-21,36-39,41-42,54-61,86-87H,12-13,22-35,40H2,1H3,(H2,75,103)(H,80,89)(H,81,90)(H,82,102)(H,83,104)(H,88,100)(H,91,99)(H,92,101)(H,93,108)(H,94,107)(H,95,105)(H,96,109)(H,97,110)(H,98,106)(H4,76,77,84)(H4,78,79,85)/t54-,55-,56-,57+,58+,59-,60-,61-/m0/s1. The molecule has 0 saturated heterocycles. The molecule has 4 heterocycles. The molecule has 582 valence electrons. The summed E-state index contributed by atoms with van der Waals surface area (Å²) in [6, 6.07) is 21.7. The van der Waals surface area contributed by atoms with Gasteiger partial charge < -0.3 is 106 Å². The number of carbonyl (C=O) groups excluding carboxylic acids is 12. The number of benzene rings is 4. The van der Waals surface area contributed by atoms with Crippen molar-refractivity contribution in [3.63, 3.8) is 0 Å². The Bertz CT molecular complexity index is 4450. The van der Waals surface area contributed by atoms with Crippen molar-refractivity contribution < 1.29 is 57.5 Å². The number of guanidine groups is 2. The van der Waals surface area contributed by atoms with Gasteiger partial charge in [0.25, 0.3) is 0 Å². The Morgan fingerprint density at radius 1 is 0.382 bits per heavy atom. The molecular formula is C74H94N24O12. The number of rotatable bonds is 44. The molecule has 8 aromatic rings. The average molecular weight is 1510 g/mol. The molecular weight excluding hydrogens is 1420 g/mol. The molecule has 8 atom stereocenters. The van der Waals surface area contributed by atoms with E-state index in [0.717, 1.165) is 21.8 Å². The van der Waals surface area contributed by atoms with Crippen LogP contribution >= 0.6 is 0 Å². The number of amides is 12. The third kappa shape index (κ3) is 26.9. The molecule has 0 bridgehead atoms. The highest BCUT2D eigenvalue weighted by Crippen LogP contribution is 2.22. The lowest BCUT2D eigenvalue weighted by Crippen LogP contribution is -2.59. The van der Waals surface area contributed by atoms with Gasteiger partial charge in [-0.15, -0.1) is 0 Å². The average Bonchev–Trinajstić information content (AvgIpc) is 1.77. The number of imidazole rings is 2. The first-order chi connectivity index (χ1) is 52.9. The fourth-order valence-corrected chi connectivity index (χ4v) is 12.0. The van der Waals surface area contributed by atoms with Crippen LogP contribution in [0.15, 0.2) is 147 Å². The molecule has 0 spiro atoms. The van der Waals surface area contributed by atoms with Crippen molar-refractivity contribution in [3.05, 3.63) is 180 Å². The van der Waals surface area contributed by atoms with Crippen molar-refractivity contribution in [2.45, 2.75) is 132 Å². The Kier molecular flexibility index (Phi) is 31.4. The second kappa shape index (κ2) is 42.0. The lowest BCUT2D eigenvalue weighted by Gasteiger charge is -2.27. The van der Waals surface area contributed by atoms with Gasteiger partial charge in [-0.05, 0) is 60.1 Å². The molecule has 12 amide bonds. The predicted molar refractivity (Wildman–Crippen MR) is 406 cm³/mol. The summed E-state index contributed by atoms with van der Waals surface area (Å²) in [5.74, 6) is -9.47. The van der Waals surface area contributed by atoms with E-state index in [9.17, 15) is 57.5 Å². The molecule has 0 aliphatic heterocycles. The normalized spacial score (nSPS) is 13.2. The first kappa shape index (κ1) is 82.2. The third-order valence-corrected chi connectivity index (χ3v) is 17.6. The summed E-state index contributed by atoms with van der Waals surface area (Å²) in [5, 5.41) is 51.6. The lowest BCUT2D eigenvalue weighted by atomic mass is 10.0. The summed E-state index contributed by atoms with van der Waals surface area (Å²) < 4.78 is 0. The molecule has 0 fully saturated rings. The number of para-hydroxylation sites is 2. The van der Waals surface area contributed by atoms with E-state index in [-0.39, 0.29) is 115 Å². The van der Waals surface area contributed by atoms with E-state index in [1.165, 1.54) is 25.8 Å². The van der Waals surface area contributed by atoms with Crippen molar-refractivity contribution in [3.8, 4) is 0 Å². The van der Waals surface area contributed by atoms with Crippen LogP contribution in [0.3, 0.4) is 0 Å². The van der Waals surface area contributed by atoms with E-state index in [1.807, 2.05) is 42.5 Å². The van der Waals surface area contributed by atoms with Crippen molar-refractivity contribution in [1.82, 2.24) is 99.0 Å². The predicted octanol–water partition coefficient (Wildman–Crippen LogP) is -2.11. The molecule has 25 N–H and O–H groups in total. The van der Waals surface area contributed by atoms with Gasteiger partial charge in [0.2, 0.25) is 70.9 Å². The summed E-state index contributed by atoms with van der Waals surface area (Å²) >= 11 is 0. The molecule has 0 unspecified atom stereocenters. The van der Waals surface area contributed by atoms with Gasteiger partial charge in [0.1, 0.15) is 48.3 Å². The maximum absolute atomic E-state index is 14.6. The number of hydrogen-bond acceptors (Lipinski definition) is 16. The fourth-order valence-electron chi connectivity index (χ4n) is 12.0. The summed E-state index contributed by atoms with van der Waals surface area (Å²) in [6.07, 6.45) is 8.45. The highest BCUT2D eigenvalue weighted by Gasteiger charge is 2.35. The zero-order chi connectivity index (χ0) is 78.9. The van der Waals surface area contributed by atoms with Crippen LogP contribution in [-0.2, 0) is 96.1 Å². The van der Waals surface area contributed by atoms with Crippen LogP contribution < -0.4 is 86.3 Å². The van der Waals surface area contributed by atoms with Crippen LogP contribution in [0.25, 0.3) is 21.8 Å². The number of carbonyl (C=O) groups is 12. The topological polar surface area (TPSA) is 576 Å². The highest BCUT2D eigenvalue weighted by molar-refractivity contribution is 5.98. The number of nitrogens with two attached hydrogens (primary N) is 3. The number of nitrogens with zero attached hydrogens (tertiary/aromatic N) is 2. The number of hydrogen-bond donors (Lipinski definition) is 22. The number of H-pyrrole nitrogens is 4. The number of primary amides is 1. The van der Waals surface area contributed by atoms with E-state index in [0.29, 0.717) is 33.6 Å². The van der Waals surface area contributed by atoms with Crippen molar-refractivity contribution in [1.29, 1.82) is 10.8 Å². The highest BCUT2D eigenvalue weighted by atomic mass is 16.2. The van der Waals surface area contributed by atoms with Gasteiger partial charge in [-0.2, -0.15) is 0 Å². The molecule has 110 heavy (non-hydrogen) atoms. The molecule has 4 aromatic heterocycles. The van der Waals surface area contributed by atoms with Gasteiger partial charge in [-0.3, -0.25) is 68.4 Å². The first-order valence-electron chi connectivity index (χ1n) is 35.7. The zero-order valence-electron chi connectivity index (χ0n) is 60.5. The van der Waals surface area contributed by atoms with Crippen molar-refractivity contribution in [2.24, 2.45) is 17.2 Å². The third-order valence-electron chi connectivity index (χ3n) is 17.6. The van der Waals surface area contributed by atoms with E-state index in [4.69, 9.17) is 28.0 Å². The SMILES string of the molecule is CC(=O)N[C@@H](Cc1c[nH]cn1)C(=O)N[C@H](Cc1ccccc1)C(=O)N[C@@H](CCCNC(=N)N)C(=O)N[C@@H](Cc1c[nH]c2ccccc12)C(=O)NCCC(=O)NCC(=O)NCCC(=O)N[C@@H](Cc1c[nH]cn1)C(=O)N[C@H](Cc1ccccc1)C(=O)N[C@@H](CCCNC(=N)N)C(=O)N[C@@H](Cc1c[nH]c2ccccc12)C(N)=O. The van der Waals surface area contributed by atoms with Crippen LogP contribution in [0.4, 0.5) is 0 Å². The molecule has 36 heteroatoms. The Morgan fingerprint density at radius 3 is 1.22 bits per heavy atom. The second-order valence-electron chi connectivity index (χ2n) is 26.1. The summed E-state index contributed by atoms with van der Waals surface area (Å²) in [5.41, 5.74) is 21.8. The van der Waals surface area contributed by atoms with E-state index >= 15 is 0 Å². The minimum absolute atomic E-state index is 0.0144. The molecule has 0 aliphatic rings. The fraction of sp³-hybridized carbons (Fsp3) is 0.351. The Hall–Kier alpha value is -13.4. The minimum atomic E-state index is -1.37. The lowest BCUT2D eigenvalue weighted by molar-refractivity contribution is -0.134. The molecule has 36 nitrogen and oxygen atoms in total. The number of aromatic amines is 4. The van der Waals surface area contributed by atoms with E-state index in [1.54, 1.807) is 85.3 Å². The van der Waals surface area contributed by atoms with Crippen LogP contribution in [0.2, 0.25) is 0 Å². The minimum Gasteiger partial charge on any atom is -0.370 e. The van der Waals surface area contributed by atoms with Crippen LogP contribution in [0, 0.1) is 10.8 Å². The van der Waals surface area contributed by atoms with Crippen LogP contribution in [0.5, 0.6) is 0 Å². The van der Waals surface area contributed by atoms with Crippen molar-refractivity contribution >= 4 is 105 Å². The summed E-state index contributed by atoms with van der Waals surface area (Å²) in [7, 11) is 0. The molecule has 0 aliphatic carbocycles. The molecule has 8 rings (SSSR count). The van der Waals surface area contributed by atoms with Gasteiger partial charge in [0.05, 0.1) is 30.6 Å². The van der Waals surface area contributed by atoms with Gasteiger partial charge in [0, 0.05) is 131 Å². The molecule has 0 saturated carbocycles. The van der Waals surface area contributed by atoms with Crippen LogP contribution in [-0.4, -0.2) is 194 Å². The Balaban J connectivity index is 0.868. The first-order valence-corrected chi connectivity index (χ1v) is 35.7. The molecule has 0 radical (unpaired) electrons. The van der Waals surface area contributed by atoms with Gasteiger partial charge in [-0.25, -0.2) is 9.97 Å². The van der Waals surface area contributed by atoms with Gasteiger partial charge in [-0.1, -0.05) is 97.1 Å². The second-order valence-corrected chi connectivity index (χ2v) is 26.1. The maximum atomic E-state index is 14.6. The van der Waals surface area contributed by atoms with Gasteiger partial charge in [0.15, 0.2) is 11.9 Å². The Labute approximate surface area is 631 Å². The van der Waals surface area contributed by atoms with Gasteiger partial charge >= 0.3 is 0 Å².